The molecule has 1 saturated carbocycles. The van der Waals surface area contributed by atoms with Gasteiger partial charge in [-0.2, -0.15) is 5.10 Å². The molecule has 124 valence electrons. The number of nitrogens with one attached hydrogen (secondary N) is 1. The molecule has 3 rings (SSSR count). The third kappa shape index (κ3) is 2.87. The van der Waals surface area contributed by atoms with Crippen LogP contribution in [0, 0.1) is 5.92 Å². The summed E-state index contributed by atoms with van der Waals surface area (Å²) in [6.07, 6.45) is 4.10. The summed E-state index contributed by atoms with van der Waals surface area (Å²) < 4.78 is 40.2. The lowest BCUT2D eigenvalue weighted by atomic mass is 9.92. The molecule has 7 nitrogen and oxygen atoms in total. The van der Waals surface area contributed by atoms with Crippen LogP contribution in [-0.2, 0) is 4.57 Å². The summed E-state index contributed by atoms with van der Waals surface area (Å²) in [4.78, 5) is 20.5. The Balaban J connectivity index is 1.96. The first-order valence-electron chi connectivity index (χ1n) is 6.90. The molecule has 10 heteroatoms. The van der Waals surface area contributed by atoms with Gasteiger partial charge in [-0.3, -0.25) is 4.57 Å². The summed E-state index contributed by atoms with van der Waals surface area (Å²) in [5, 5.41) is 7.85. The average Bonchev–Trinajstić information content (AvgIpc) is 2.97. The summed E-state index contributed by atoms with van der Waals surface area (Å²) in [6, 6.07) is 0. The molecule has 23 heavy (non-hydrogen) atoms. The molecule has 2 atom stereocenters. The molecule has 0 amide bonds. The van der Waals surface area contributed by atoms with Gasteiger partial charge in [0.25, 0.3) is 5.92 Å². The molecule has 1 aliphatic rings. The number of nitrogen functional groups attached to an aromatic ring is 1. The summed E-state index contributed by atoms with van der Waals surface area (Å²) in [7, 11) is -4.45. The Morgan fingerprint density at radius 2 is 2.17 bits per heavy atom. The van der Waals surface area contributed by atoms with Gasteiger partial charge >= 0.3 is 7.60 Å². The molecule has 0 spiro atoms. The summed E-state index contributed by atoms with van der Waals surface area (Å²) in [6.45, 7) is 0. The molecule has 1 fully saturated rings. The van der Waals surface area contributed by atoms with E-state index in [0.29, 0.717) is 22.3 Å². The van der Waals surface area contributed by atoms with Gasteiger partial charge in [-0.15, -0.1) is 5.10 Å². The zero-order chi connectivity index (χ0) is 16.8. The Labute approximate surface area is 129 Å². The number of H-pyrrole nitrogens is 1. The maximum absolute atomic E-state index is 14.7. The van der Waals surface area contributed by atoms with Gasteiger partial charge in [0.1, 0.15) is 0 Å². The SMILES string of the molecule is Nc1nncc2c([C@H]3CC[C@@H](/C=C/P(=O)(O)O)C3(F)F)c[nH]c12. The van der Waals surface area contributed by atoms with Gasteiger partial charge in [0.2, 0.25) is 0 Å². The highest BCUT2D eigenvalue weighted by Crippen LogP contribution is 2.53. The second kappa shape index (κ2) is 5.36. The normalized spacial score (nSPS) is 24.7. The highest BCUT2D eigenvalue weighted by Gasteiger charge is 2.52. The lowest BCUT2D eigenvalue weighted by Gasteiger charge is -2.22. The van der Waals surface area contributed by atoms with E-state index in [2.05, 4.69) is 15.2 Å². The van der Waals surface area contributed by atoms with Crippen LogP contribution in [0.5, 0.6) is 0 Å². The van der Waals surface area contributed by atoms with Crippen LogP contribution >= 0.6 is 7.60 Å². The number of fused-ring (bicyclic) bond motifs is 1. The largest absolute Gasteiger partial charge is 0.380 e. The van der Waals surface area contributed by atoms with E-state index in [0.717, 1.165) is 6.08 Å². The number of aromatic amines is 1. The minimum Gasteiger partial charge on any atom is -0.380 e. The Morgan fingerprint density at radius 1 is 1.43 bits per heavy atom. The van der Waals surface area contributed by atoms with Crippen molar-refractivity contribution in [3.8, 4) is 0 Å². The number of aromatic nitrogens is 3. The molecule has 0 aromatic carbocycles. The number of nitrogens with two attached hydrogens (primary N) is 1. The van der Waals surface area contributed by atoms with E-state index in [-0.39, 0.29) is 18.7 Å². The zero-order valence-corrected chi connectivity index (χ0v) is 12.8. The van der Waals surface area contributed by atoms with E-state index in [1.165, 1.54) is 12.4 Å². The predicted octanol–water partition coefficient (Wildman–Crippen LogP) is 2.36. The third-order valence-electron chi connectivity index (χ3n) is 4.17. The number of hydrogen-bond acceptors (Lipinski definition) is 4. The smallest absolute Gasteiger partial charge is 0.348 e. The third-order valence-corrected chi connectivity index (χ3v) is 4.73. The highest BCUT2D eigenvalue weighted by atomic mass is 31.2. The van der Waals surface area contributed by atoms with Gasteiger partial charge in [0.05, 0.1) is 17.6 Å². The van der Waals surface area contributed by atoms with Gasteiger partial charge in [-0.25, -0.2) is 8.78 Å². The first-order valence-corrected chi connectivity index (χ1v) is 8.59. The first kappa shape index (κ1) is 16.0. The predicted molar refractivity (Wildman–Crippen MR) is 79.9 cm³/mol. The van der Waals surface area contributed by atoms with Gasteiger partial charge < -0.3 is 20.5 Å². The van der Waals surface area contributed by atoms with Crippen molar-refractivity contribution in [1.82, 2.24) is 15.2 Å². The Hall–Kier alpha value is -1.83. The van der Waals surface area contributed by atoms with E-state index < -0.39 is 25.4 Å². The lowest BCUT2D eigenvalue weighted by molar-refractivity contribution is -0.0362. The second-order valence-electron chi connectivity index (χ2n) is 5.60. The first-order chi connectivity index (χ1) is 10.7. The molecule has 0 aliphatic heterocycles. The van der Waals surface area contributed by atoms with Crippen LogP contribution in [0.4, 0.5) is 14.6 Å². The van der Waals surface area contributed by atoms with Gasteiger partial charge in [-0.1, -0.05) is 6.08 Å². The zero-order valence-electron chi connectivity index (χ0n) is 11.9. The second-order valence-corrected chi connectivity index (χ2v) is 7.08. The van der Waals surface area contributed by atoms with Crippen LogP contribution in [0.3, 0.4) is 0 Å². The van der Waals surface area contributed by atoms with E-state index in [1.807, 2.05) is 0 Å². The van der Waals surface area contributed by atoms with E-state index in [1.54, 1.807) is 0 Å². The quantitative estimate of drug-likeness (QED) is 0.634. The molecule has 2 aromatic heterocycles. The highest BCUT2D eigenvalue weighted by molar-refractivity contribution is 7.55. The van der Waals surface area contributed by atoms with Crippen molar-refractivity contribution in [3.63, 3.8) is 0 Å². The fourth-order valence-corrected chi connectivity index (χ4v) is 3.51. The van der Waals surface area contributed by atoms with Crippen molar-refractivity contribution in [3.05, 3.63) is 29.9 Å². The fourth-order valence-electron chi connectivity index (χ4n) is 3.08. The van der Waals surface area contributed by atoms with E-state index >= 15 is 0 Å². The Kier molecular flexibility index (Phi) is 3.74. The number of nitrogens with zero attached hydrogens (tertiary/aromatic N) is 2. The van der Waals surface area contributed by atoms with Crippen LogP contribution in [0.2, 0.25) is 0 Å². The van der Waals surface area contributed by atoms with Gasteiger partial charge in [-0.05, 0) is 18.4 Å². The maximum Gasteiger partial charge on any atom is 0.348 e. The van der Waals surface area contributed by atoms with Crippen molar-refractivity contribution in [2.75, 3.05) is 5.73 Å². The molecule has 2 aromatic rings. The van der Waals surface area contributed by atoms with Crippen molar-refractivity contribution < 1.29 is 23.1 Å². The maximum atomic E-state index is 14.7. The van der Waals surface area contributed by atoms with Crippen LogP contribution < -0.4 is 5.73 Å². The molecular formula is C13H15F2N4O3P. The Bertz CT molecular complexity index is 817. The van der Waals surface area contributed by atoms with Gasteiger partial charge in [0, 0.05) is 23.3 Å². The van der Waals surface area contributed by atoms with Crippen molar-refractivity contribution in [2.45, 2.75) is 24.7 Å². The summed E-state index contributed by atoms with van der Waals surface area (Å²) >= 11 is 0. The fraction of sp³-hybridized carbons (Fsp3) is 0.385. The van der Waals surface area contributed by atoms with Crippen LogP contribution in [0.25, 0.3) is 10.9 Å². The van der Waals surface area contributed by atoms with Crippen LogP contribution in [-0.4, -0.2) is 30.9 Å². The number of anilines is 1. The van der Waals surface area contributed by atoms with Crippen molar-refractivity contribution in [2.24, 2.45) is 5.92 Å². The molecule has 2 heterocycles. The van der Waals surface area contributed by atoms with Crippen LogP contribution in [0.15, 0.2) is 24.3 Å². The van der Waals surface area contributed by atoms with E-state index in [4.69, 9.17) is 15.5 Å². The molecule has 1 aliphatic carbocycles. The monoisotopic (exact) mass is 344 g/mol. The topological polar surface area (TPSA) is 125 Å². The minimum absolute atomic E-state index is 0.132. The molecule has 5 N–H and O–H groups in total. The standard InChI is InChI=1S/C13H15F2N4O3P/c14-13(15)7(3-4-23(20,21)22)1-2-10(13)8-5-17-11-9(8)6-18-19-12(11)16/h3-7,10,17H,1-2H2,(H2,16,19)(H2,20,21,22)/b4-3+/t7-,10+/m0/s1. The summed E-state index contributed by atoms with van der Waals surface area (Å²) in [5.74, 6) is -4.75. The minimum atomic E-state index is -4.45. The van der Waals surface area contributed by atoms with Crippen molar-refractivity contribution in [1.29, 1.82) is 0 Å². The summed E-state index contributed by atoms with van der Waals surface area (Å²) in [5.41, 5.74) is 6.51. The molecule has 0 unspecified atom stereocenters. The lowest BCUT2D eigenvalue weighted by Crippen LogP contribution is -2.27. The Morgan fingerprint density at radius 3 is 2.87 bits per heavy atom. The number of alkyl halides is 2. The van der Waals surface area contributed by atoms with Crippen molar-refractivity contribution >= 4 is 24.3 Å². The molecule has 0 saturated heterocycles. The molecule has 0 bridgehead atoms. The number of halogens is 2. The molecular weight excluding hydrogens is 329 g/mol. The number of allylic oxidation sites excluding steroid dienone is 1. The number of rotatable bonds is 3. The average molecular weight is 344 g/mol. The van der Waals surface area contributed by atoms with Crippen LogP contribution in [0.1, 0.15) is 24.3 Å². The van der Waals surface area contributed by atoms with E-state index in [9.17, 15) is 13.3 Å². The molecule has 0 radical (unpaired) electrons. The number of hydrogen-bond donors (Lipinski definition) is 4. The van der Waals surface area contributed by atoms with Gasteiger partial charge in [0.15, 0.2) is 5.82 Å².